The Kier molecular flexibility index (Phi) is 4.52. The second-order valence-corrected chi connectivity index (χ2v) is 5.86. The lowest BCUT2D eigenvalue weighted by Crippen LogP contribution is -2.13. The molecule has 0 aliphatic rings. The number of rotatable bonds is 4. The zero-order valence-corrected chi connectivity index (χ0v) is 13.8. The van der Waals surface area contributed by atoms with Crippen LogP contribution in [-0.2, 0) is 0 Å². The predicted octanol–water partition coefficient (Wildman–Crippen LogP) is 4.04. The van der Waals surface area contributed by atoms with Gasteiger partial charge < -0.3 is 5.32 Å². The molecular formula is C17H11BrFN3O2. The molecule has 1 amide bonds. The highest BCUT2D eigenvalue weighted by molar-refractivity contribution is 9.10. The van der Waals surface area contributed by atoms with Crippen molar-refractivity contribution in [3.63, 3.8) is 0 Å². The largest absolute Gasteiger partial charge is 0.304 e. The van der Waals surface area contributed by atoms with Crippen LogP contribution in [0.1, 0.15) is 20.7 Å². The molecule has 0 aliphatic carbocycles. The summed E-state index contributed by atoms with van der Waals surface area (Å²) in [4.78, 5) is 23.6. The summed E-state index contributed by atoms with van der Waals surface area (Å²) in [6, 6.07) is 12.4. The molecule has 0 spiro atoms. The van der Waals surface area contributed by atoms with Gasteiger partial charge in [-0.3, -0.25) is 14.7 Å². The van der Waals surface area contributed by atoms with Crippen LogP contribution in [0.3, 0.4) is 0 Å². The molecule has 0 atom stereocenters. The van der Waals surface area contributed by atoms with Gasteiger partial charge in [0.25, 0.3) is 5.91 Å². The van der Waals surface area contributed by atoms with Gasteiger partial charge in [-0.2, -0.15) is 5.10 Å². The lowest BCUT2D eigenvalue weighted by molar-refractivity contribution is 0.102. The molecule has 0 aliphatic heterocycles. The van der Waals surface area contributed by atoms with Gasteiger partial charge in [0, 0.05) is 15.6 Å². The van der Waals surface area contributed by atoms with Gasteiger partial charge in [0.1, 0.15) is 5.82 Å². The van der Waals surface area contributed by atoms with Crippen LogP contribution in [0, 0.1) is 5.82 Å². The topological polar surface area (TPSA) is 74.8 Å². The third-order valence-corrected chi connectivity index (χ3v) is 3.92. The first-order valence-corrected chi connectivity index (χ1v) is 7.74. The molecule has 24 heavy (non-hydrogen) atoms. The molecule has 0 fully saturated rings. The summed E-state index contributed by atoms with van der Waals surface area (Å²) in [5.41, 5.74) is 1.77. The number of carbonyl (C=O) groups is 2. The number of carbonyl (C=O) groups excluding carboxylic acids is 2. The number of benzene rings is 2. The number of nitrogens with one attached hydrogen (secondary N) is 2. The van der Waals surface area contributed by atoms with E-state index in [1.54, 1.807) is 0 Å². The van der Waals surface area contributed by atoms with Gasteiger partial charge in [0.2, 0.25) is 0 Å². The number of hydrogen-bond donors (Lipinski definition) is 2. The Hall–Kier alpha value is -2.80. The van der Waals surface area contributed by atoms with Gasteiger partial charge in [-0.25, -0.2) is 4.39 Å². The molecule has 3 aromatic rings. The summed E-state index contributed by atoms with van der Waals surface area (Å²) in [6.07, 6.45) is 0.626. The number of H-pyrrole nitrogens is 1. The standard InChI is InChI=1S/C17H11BrFN3O2/c18-12-5-1-10(2-6-12)15-14(9-23)16(22-21-15)20-17(24)11-3-7-13(19)8-4-11/h1-9H,(H2,20,21,22,24). The number of aromatic nitrogens is 2. The van der Waals surface area contributed by atoms with Gasteiger partial charge >= 0.3 is 0 Å². The van der Waals surface area contributed by atoms with E-state index in [2.05, 4.69) is 31.4 Å². The van der Waals surface area contributed by atoms with Crippen molar-refractivity contribution >= 4 is 33.9 Å². The molecule has 0 bridgehead atoms. The number of amides is 1. The molecule has 0 radical (unpaired) electrons. The number of aldehydes is 1. The van der Waals surface area contributed by atoms with Crippen LogP contribution >= 0.6 is 15.9 Å². The van der Waals surface area contributed by atoms with Crippen molar-refractivity contribution in [1.82, 2.24) is 10.2 Å². The molecule has 0 saturated carbocycles. The summed E-state index contributed by atoms with van der Waals surface area (Å²) >= 11 is 3.34. The van der Waals surface area contributed by atoms with Crippen molar-refractivity contribution in [2.45, 2.75) is 0 Å². The first kappa shape index (κ1) is 16.1. The van der Waals surface area contributed by atoms with Gasteiger partial charge in [-0.15, -0.1) is 0 Å². The van der Waals surface area contributed by atoms with Crippen LogP contribution in [0.5, 0.6) is 0 Å². The number of hydrogen-bond acceptors (Lipinski definition) is 3. The lowest BCUT2D eigenvalue weighted by Gasteiger charge is -2.03. The van der Waals surface area contributed by atoms with Crippen molar-refractivity contribution in [2.75, 3.05) is 5.32 Å². The summed E-state index contributed by atoms with van der Waals surface area (Å²) in [6.45, 7) is 0. The normalized spacial score (nSPS) is 10.4. The highest BCUT2D eigenvalue weighted by atomic mass is 79.9. The fourth-order valence-corrected chi connectivity index (χ4v) is 2.44. The Bertz CT molecular complexity index is 889. The molecule has 120 valence electrons. The van der Waals surface area contributed by atoms with E-state index in [-0.39, 0.29) is 16.9 Å². The molecule has 0 unspecified atom stereocenters. The summed E-state index contributed by atoms with van der Waals surface area (Å²) < 4.78 is 13.8. The average Bonchev–Trinajstić information content (AvgIpc) is 2.98. The number of anilines is 1. The fraction of sp³-hybridized carbons (Fsp3) is 0. The SMILES string of the molecule is O=Cc1c(NC(=O)c2ccc(F)cc2)n[nH]c1-c1ccc(Br)cc1. The maximum Gasteiger partial charge on any atom is 0.256 e. The van der Waals surface area contributed by atoms with Crippen molar-refractivity contribution in [3.8, 4) is 11.3 Å². The quantitative estimate of drug-likeness (QED) is 0.663. The van der Waals surface area contributed by atoms with Crippen LogP contribution in [0.4, 0.5) is 10.2 Å². The van der Waals surface area contributed by atoms with Crippen LogP contribution < -0.4 is 5.32 Å². The van der Waals surface area contributed by atoms with E-state index in [4.69, 9.17) is 0 Å². The Morgan fingerprint density at radius 3 is 2.42 bits per heavy atom. The van der Waals surface area contributed by atoms with E-state index in [0.29, 0.717) is 12.0 Å². The van der Waals surface area contributed by atoms with Gasteiger partial charge in [-0.05, 0) is 36.4 Å². The predicted molar refractivity (Wildman–Crippen MR) is 91.5 cm³/mol. The molecule has 0 saturated heterocycles. The van der Waals surface area contributed by atoms with E-state index in [0.717, 1.165) is 10.0 Å². The minimum atomic E-state index is -0.480. The monoisotopic (exact) mass is 387 g/mol. The molecule has 7 heteroatoms. The second kappa shape index (κ2) is 6.76. The Labute approximate surface area is 145 Å². The Balaban J connectivity index is 1.89. The summed E-state index contributed by atoms with van der Waals surface area (Å²) in [7, 11) is 0. The minimum Gasteiger partial charge on any atom is -0.304 e. The zero-order valence-electron chi connectivity index (χ0n) is 12.2. The smallest absolute Gasteiger partial charge is 0.256 e. The van der Waals surface area contributed by atoms with E-state index >= 15 is 0 Å². The van der Waals surface area contributed by atoms with Crippen molar-refractivity contribution in [1.29, 1.82) is 0 Å². The van der Waals surface area contributed by atoms with E-state index in [1.165, 1.54) is 24.3 Å². The van der Waals surface area contributed by atoms with Crippen molar-refractivity contribution < 1.29 is 14.0 Å². The highest BCUT2D eigenvalue weighted by Gasteiger charge is 2.17. The molecule has 3 rings (SSSR count). The second-order valence-electron chi connectivity index (χ2n) is 4.95. The van der Waals surface area contributed by atoms with Crippen molar-refractivity contribution in [3.05, 3.63) is 69.9 Å². The third-order valence-electron chi connectivity index (χ3n) is 3.39. The van der Waals surface area contributed by atoms with E-state index < -0.39 is 11.7 Å². The van der Waals surface area contributed by atoms with Crippen LogP contribution in [0.2, 0.25) is 0 Å². The van der Waals surface area contributed by atoms with Gasteiger partial charge in [-0.1, -0.05) is 28.1 Å². The zero-order chi connectivity index (χ0) is 17.1. The number of nitrogens with zero attached hydrogens (tertiary/aromatic N) is 1. The van der Waals surface area contributed by atoms with Gasteiger partial charge in [0.15, 0.2) is 12.1 Å². The van der Waals surface area contributed by atoms with Crippen molar-refractivity contribution in [2.24, 2.45) is 0 Å². The maximum atomic E-state index is 12.9. The Morgan fingerprint density at radius 1 is 1.12 bits per heavy atom. The molecule has 1 heterocycles. The maximum absolute atomic E-state index is 12.9. The minimum absolute atomic E-state index is 0.122. The van der Waals surface area contributed by atoms with Crippen LogP contribution in [-0.4, -0.2) is 22.4 Å². The lowest BCUT2D eigenvalue weighted by atomic mass is 10.1. The molecule has 2 aromatic carbocycles. The van der Waals surface area contributed by atoms with E-state index in [1.807, 2.05) is 24.3 Å². The number of halogens is 2. The molecule has 1 aromatic heterocycles. The summed E-state index contributed by atoms with van der Waals surface area (Å²) in [5.74, 6) is -0.790. The number of aromatic amines is 1. The molecular weight excluding hydrogens is 377 g/mol. The van der Waals surface area contributed by atoms with Crippen LogP contribution in [0.15, 0.2) is 53.0 Å². The molecule has 5 nitrogen and oxygen atoms in total. The summed E-state index contributed by atoms with van der Waals surface area (Å²) in [5, 5.41) is 9.31. The Morgan fingerprint density at radius 2 is 1.79 bits per heavy atom. The first-order chi connectivity index (χ1) is 11.6. The highest BCUT2D eigenvalue weighted by Crippen LogP contribution is 2.26. The average molecular weight is 388 g/mol. The third kappa shape index (κ3) is 3.26. The fourth-order valence-electron chi connectivity index (χ4n) is 2.18. The van der Waals surface area contributed by atoms with Gasteiger partial charge in [0.05, 0.1) is 11.3 Å². The molecule has 2 N–H and O–H groups in total. The van der Waals surface area contributed by atoms with E-state index in [9.17, 15) is 14.0 Å². The first-order valence-electron chi connectivity index (χ1n) is 6.95. The van der Waals surface area contributed by atoms with Crippen LogP contribution in [0.25, 0.3) is 11.3 Å².